The zero-order valence-corrected chi connectivity index (χ0v) is 22.5. The summed E-state index contributed by atoms with van der Waals surface area (Å²) in [5, 5.41) is 3.89. The van der Waals surface area contributed by atoms with Crippen molar-refractivity contribution in [2.75, 3.05) is 17.1 Å². The number of benzene rings is 2. The van der Waals surface area contributed by atoms with Gasteiger partial charge in [-0.15, -0.1) is 0 Å². The van der Waals surface area contributed by atoms with E-state index in [1.165, 1.54) is 11.0 Å². The summed E-state index contributed by atoms with van der Waals surface area (Å²) >= 11 is 12.3. The second-order valence-electron chi connectivity index (χ2n) is 9.02. The number of carbonyl (C=O) groups excluding carboxylic acids is 2. The predicted molar refractivity (Wildman–Crippen MR) is 140 cm³/mol. The average Bonchev–Trinajstić information content (AvgIpc) is 3.29. The largest absolute Gasteiger partial charge is 0.352 e. The van der Waals surface area contributed by atoms with Crippen LogP contribution in [0, 0.1) is 6.92 Å². The molecule has 0 saturated heterocycles. The Labute approximate surface area is 217 Å². The van der Waals surface area contributed by atoms with E-state index in [1.54, 1.807) is 44.2 Å². The van der Waals surface area contributed by atoms with E-state index in [2.05, 4.69) is 5.32 Å². The first kappa shape index (κ1) is 27.3. The Hall–Kier alpha value is -2.29. The maximum Gasteiger partial charge on any atom is 0.244 e. The molecule has 1 aliphatic carbocycles. The van der Waals surface area contributed by atoms with Crippen LogP contribution in [-0.2, 0) is 26.2 Å². The van der Waals surface area contributed by atoms with Crippen molar-refractivity contribution in [1.29, 1.82) is 0 Å². The zero-order valence-electron chi connectivity index (χ0n) is 20.1. The molecule has 1 aliphatic rings. The molecule has 0 heterocycles. The van der Waals surface area contributed by atoms with Gasteiger partial charge in [-0.05, 0) is 62.1 Å². The highest BCUT2D eigenvalue weighted by atomic mass is 35.5. The topological polar surface area (TPSA) is 86.8 Å². The number of aryl methyl sites for hydroxylation is 1. The summed E-state index contributed by atoms with van der Waals surface area (Å²) in [6, 6.07) is 11.2. The van der Waals surface area contributed by atoms with Crippen molar-refractivity contribution in [3.63, 3.8) is 0 Å². The number of nitrogens with zero attached hydrogens (tertiary/aromatic N) is 2. The number of hydrogen-bond donors (Lipinski definition) is 1. The van der Waals surface area contributed by atoms with Crippen molar-refractivity contribution in [1.82, 2.24) is 10.2 Å². The van der Waals surface area contributed by atoms with Crippen LogP contribution < -0.4 is 9.62 Å². The van der Waals surface area contributed by atoms with Gasteiger partial charge in [0.05, 0.1) is 11.9 Å². The molecule has 0 spiro atoms. The molecule has 0 aromatic heterocycles. The average molecular weight is 541 g/mol. The first-order valence-corrected chi connectivity index (χ1v) is 14.1. The Morgan fingerprint density at radius 2 is 1.74 bits per heavy atom. The van der Waals surface area contributed by atoms with E-state index >= 15 is 0 Å². The van der Waals surface area contributed by atoms with E-state index in [0.717, 1.165) is 41.8 Å². The number of rotatable bonds is 9. The number of sulfonamides is 1. The molecule has 1 atom stereocenters. The fourth-order valence-corrected chi connectivity index (χ4v) is 5.53. The van der Waals surface area contributed by atoms with Crippen LogP contribution >= 0.6 is 23.2 Å². The molecule has 0 aliphatic heterocycles. The van der Waals surface area contributed by atoms with E-state index < -0.39 is 28.5 Å². The van der Waals surface area contributed by atoms with E-state index in [-0.39, 0.29) is 18.5 Å². The molecular weight excluding hydrogens is 509 g/mol. The van der Waals surface area contributed by atoms with Gasteiger partial charge in [0.25, 0.3) is 0 Å². The van der Waals surface area contributed by atoms with Gasteiger partial charge in [-0.25, -0.2) is 8.42 Å². The lowest BCUT2D eigenvalue weighted by molar-refractivity contribution is -0.139. The summed E-state index contributed by atoms with van der Waals surface area (Å²) in [6.45, 7) is 3.03. The van der Waals surface area contributed by atoms with E-state index in [4.69, 9.17) is 23.2 Å². The fraction of sp³-hybridized carbons (Fsp3) is 0.440. The highest BCUT2D eigenvalue weighted by Gasteiger charge is 2.31. The van der Waals surface area contributed by atoms with Crippen molar-refractivity contribution < 1.29 is 18.0 Å². The zero-order chi connectivity index (χ0) is 25.8. The van der Waals surface area contributed by atoms with Gasteiger partial charge in [-0.2, -0.15) is 0 Å². The number of halogens is 2. The SMILES string of the molecule is Cc1ccc(Cl)cc1N(CC(=O)N(Cc1cccc(Cl)c1)C(C)C(=O)NC1CCCC1)S(C)(=O)=O. The molecule has 3 rings (SSSR count). The normalized spacial score (nSPS) is 15.0. The lowest BCUT2D eigenvalue weighted by atomic mass is 10.1. The van der Waals surface area contributed by atoms with Gasteiger partial charge in [-0.1, -0.05) is 54.2 Å². The van der Waals surface area contributed by atoms with Gasteiger partial charge in [0.15, 0.2) is 0 Å². The van der Waals surface area contributed by atoms with Crippen molar-refractivity contribution in [2.45, 2.75) is 58.2 Å². The maximum absolute atomic E-state index is 13.6. The standard InChI is InChI=1S/C25H31Cl2N3O4S/c1-17-11-12-21(27)14-23(17)30(35(3,33)34)16-24(31)29(15-19-7-6-8-20(26)13-19)18(2)25(32)28-22-9-4-5-10-22/h6-8,11-14,18,22H,4-5,9-10,15-16H2,1-3H3,(H,28,32). The van der Waals surface area contributed by atoms with Crippen molar-refractivity contribution in [3.05, 3.63) is 63.6 Å². The molecule has 2 amide bonds. The lowest BCUT2D eigenvalue weighted by Gasteiger charge is -2.32. The second kappa shape index (κ2) is 11.6. The van der Waals surface area contributed by atoms with Crippen molar-refractivity contribution in [3.8, 4) is 0 Å². The molecule has 2 aromatic rings. The third-order valence-corrected chi connectivity index (χ3v) is 7.83. The van der Waals surface area contributed by atoms with E-state index in [1.807, 2.05) is 6.07 Å². The molecule has 1 N–H and O–H groups in total. The Bertz CT molecular complexity index is 1180. The number of nitrogens with one attached hydrogen (secondary N) is 1. The molecule has 1 saturated carbocycles. The molecule has 10 heteroatoms. The van der Waals surface area contributed by atoms with Crippen molar-refractivity contribution in [2.24, 2.45) is 0 Å². The lowest BCUT2D eigenvalue weighted by Crippen LogP contribution is -2.52. The maximum atomic E-state index is 13.6. The summed E-state index contributed by atoms with van der Waals surface area (Å²) in [6.07, 6.45) is 4.99. The molecule has 35 heavy (non-hydrogen) atoms. The van der Waals surface area contributed by atoms with Crippen LogP contribution in [0.15, 0.2) is 42.5 Å². The second-order valence-corrected chi connectivity index (χ2v) is 11.8. The van der Waals surface area contributed by atoms with E-state index in [9.17, 15) is 18.0 Å². The minimum Gasteiger partial charge on any atom is -0.352 e. The first-order chi connectivity index (χ1) is 16.5. The van der Waals surface area contributed by atoms with Gasteiger partial charge in [0.2, 0.25) is 21.8 Å². The molecule has 1 unspecified atom stereocenters. The Morgan fingerprint density at radius 1 is 1.09 bits per heavy atom. The van der Waals surface area contributed by atoms with Gasteiger partial charge >= 0.3 is 0 Å². The number of hydrogen-bond acceptors (Lipinski definition) is 4. The molecule has 0 radical (unpaired) electrons. The molecule has 0 bridgehead atoms. The summed E-state index contributed by atoms with van der Waals surface area (Å²) < 4.78 is 26.4. The fourth-order valence-electron chi connectivity index (χ4n) is 4.25. The van der Waals surface area contributed by atoms with Gasteiger partial charge < -0.3 is 10.2 Å². The Balaban J connectivity index is 1.91. The highest BCUT2D eigenvalue weighted by Crippen LogP contribution is 2.27. The van der Waals surface area contributed by atoms with Crippen LogP contribution in [-0.4, -0.2) is 50.0 Å². The summed E-state index contributed by atoms with van der Waals surface area (Å²) in [4.78, 5) is 28.1. The Morgan fingerprint density at radius 3 is 2.37 bits per heavy atom. The van der Waals surface area contributed by atoms with Gasteiger partial charge in [0, 0.05) is 22.6 Å². The quantitative estimate of drug-likeness (QED) is 0.506. The molecule has 7 nitrogen and oxygen atoms in total. The smallest absolute Gasteiger partial charge is 0.244 e. The van der Waals surface area contributed by atoms with Crippen LogP contribution in [0.2, 0.25) is 10.0 Å². The minimum absolute atomic E-state index is 0.0923. The van der Waals surface area contributed by atoms with Crippen LogP contribution in [0.4, 0.5) is 5.69 Å². The summed E-state index contributed by atoms with van der Waals surface area (Å²) in [5.74, 6) is -0.777. The van der Waals surface area contributed by atoms with Crippen LogP contribution in [0.25, 0.3) is 0 Å². The number of carbonyl (C=O) groups is 2. The highest BCUT2D eigenvalue weighted by molar-refractivity contribution is 7.92. The Kier molecular flexibility index (Phi) is 9.07. The number of anilines is 1. The van der Waals surface area contributed by atoms with Crippen LogP contribution in [0.5, 0.6) is 0 Å². The minimum atomic E-state index is -3.82. The van der Waals surface area contributed by atoms with Crippen LogP contribution in [0.1, 0.15) is 43.7 Å². The molecule has 190 valence electrons. The molecule has 2 aromatic carbocycles. The van der Waals surface area contributed by atoms with Crippen molar-refractivity contribution >= 4 is 50.7 Å². The van der Waals surface area contributed by atoms with E-state index in [0.29, 0.717) is 21.3 Å². The van der Waals surface area contributed by atoms with Gasteiger partial charge in [0.1, 0.15) is 12.6 Å². The van der Waals surface area contributed by atoms with Crippen LogP contribution in [0.3, 0.4) is 0 Å². The molecular formula is C25H31Cl2N3O4S. The third kappa shape index (κ3) is 7.35. The predicted octanol–water partition coefficient (Wildman–Crippen LogP) is 4.54. The summed E-state index contributed by atoms with van der Waals surface area (Å²) in [5.41, 5.74) is 1.70. The van der Waals surface area contributed by atoms with Gasteiger partial charge in [-0.3, -0.25) is 13.9 Å². The molecule has 1 fully saturated rings. The number of amides is 2. The monoisotopic (exact) mass is 539 g/mol. The summed E-state index contributed by atoms with van der Waals surface area (Å²) in [7, 11) is -3.82. The third-order valence-electron chi connectivity index (χ3n) is 6.23. The first-order valence-electron chi connectivity index (χ1n) is 11.5.